The number of ether oxygens (including phenoxy) is 5. The van der Waals surface area contributed by atoms with Crippen LogP contribution in [0.2, 0.25) is 10.0 Å². The maximum Gasteiger partial charge on any atom is 0.251 e. The van der Waals surface area contributed by atoms with Gasteiger partial charge in [0.05, 0.1) is 76.7 Å². The number of rotatable bonds is 23. The summed E-state index contributed by atoms with van der Waals surface area (Å²) >= 11 is 12.5. The molecule has 1 saturated heterocycles. The Hall–Kier alpha value is -3.89. The van der Waals surface area contributed by atoms with Gasteiger partial charge in [-0.15, -0.1) is 0 Å². The number of anilines is 1. The first-order chi connectivity index (χ1) is 28.6. The third-order valence-corrected chi connectivity index (χ3v) is 10.8. The van der Waals surface area contributed by atoms with Gasteiger partial charge in [0.2, 0.25) is 11.8 Å². The van der Waals surface area contributed by atoms with Gasteiger partial charge < -0.3 is 45.0 Å². The van der Waals surface area contributed by atoms with Crippen LogP contribution >= 0.6 is 23.2 Å². The topological polar surface area (TPSA) is 145 Å². The Morgan fingerprint density at radius 1 is 0.850 bits per heavy atom. The van der Waals surface area contributed by atoms with E-state index in [1.54, 1.807) is 36.4 Å². The van der Waals surface area contributed by atoms with E-state index in [9.17, 15) is 14.4 Å². The zero-order chi connectivity index (χ0) is 43.9. The van der Waals surface area contributed by atoms with Crippen molar-refractivity contribution in [1.29, 1.82) is 0 Å². The fourth-order valence-corrected chi connectivity index (χ4v) is 7.74. The van der Waals surface area contributed by atoms with Gasteiger partial charge in [0, 0.05) is 47.5 Å². The van der Waals surface area contributed by atoms with Crippen LogP contribution in [0, 0.1) is 17.0 Å². The van der Waals surface area contributed by atoms with Gasteiger partial charge in [-0.25, -0.2) is 8.78 Å². The molecular formula is C44H58Cl2F2N4O8. The predicted octanol–water partition coefficient (Wildman–Crippen LogP) is 7.06. The van der Waals surface area contributed by atoms with E-state index in [-0.39, 0.29) is 68.6 Å². The van der Waals surface area contributed by atoms with Crippen molar-refractivity contribution < 1.29 is 46.8 Å². The molecule has 0 aliphatic carbocycles. The molecule has 3 aromatic rings. The van der Waals surface area contributed by atoms with E-state index < -0.39 is 41.0 Å². The fraction of sp³-hybridized carbons (Fsp3) is 0.523. The molecule has 1 fully saturated rings. The average molecular weight is 880 g/mol. The summed E-state index contributed by atoms with van der Waals surface area (Å²) in [4.78, 5) is 38.8. The fourth-order valence-electron chi connectivity index (χ4n) is 7.40. The van der Waals surface area contributed by atoms with Crippen molar-refractivity contribution >= 4 is 46.6 Å². The number of benzene rings is 3. The van der Waals surface area contributed by atoms with Gasteiger partial charge >= 0.3 is 0 Å². The molecule has 330 valence electrons. The lowest BCUT2D eigenvalue weighted by molar-refractivity contribution is -0.122. The van der Waals surface area contributed by atoms with E-state index in [2.05, 4.69) is 21.3 Å². The third-order valence-electron chi connectivity index (χ3n) is 10.2. The minimum atomic E-state index is -1.15. The zero-order valence-electron chi connectivity index (χ0n) is 35.2. The Bertz CT molecular complexity index is 1900. The molecule has 0 bridgehead atoms. The van der Waals surface area contributed by atoms with Crippen LogP contribution in [-0.2, 0) is 34.0 Å². The highest BCUT2D eigenvalue weighted by atomic mass is 35.5. The van der Waals surface area contributed by atoms with Gasteiger partial charge in [-0.3, -0.25) is 14.4 Å². The van der Waals surface area contributed by atoms with E-state index in [1.807, 2.05) is 34.6 Å². The Balaban J connectivity index is 1.34. The normalized spacial score (nSPS) is 18.9. The largest absolute Gasteiger partial charge is 0.495 e. The highest BCUT2D eigenvalue weighted by molar-refractivity contribution is 6.31. The summed E-state index contributed by atoms with van der Waals surface area (Å²) in [6.07, 6.45) is 0.830. The minimum absolute atomic E-state index is 0.0400. The van der Waals surface area contributed by atoms with Crippen LogP contribution in [0.3, 0.4) is 0 Å². The number of nitrogens with one attached hydrogen (secondary N) is 4. The predicted molar refractivity (Wildman–Crippen MR) is 228 cm³/mol. The summed E-state index contributed by atoms with van der Waals surface area (Å²) in [5.41, 5.74) is -0.411. The van der Waals surface area contributed by atoms with E-state index in [1.165, 1.54) is 25.3 Å². The Morgan fingerprint density at radius 2 is 1.50 bits per heavy atom. The smallest absolute Gasteiger partial charge is 0.251 e. The molecule has 16 heteroatoms. The number of halogens is 4. The van der Waals surface area contributed by atoms with Gasteiger partial charge in [0.1, 0.15) is 17.4 Å². The Labute approximate surface area is 361 Å². The molecule has 0 saturated carbocycles. The van der Waals surface area contributed by atoms with Gasteiger partial charge in [0.25, 0.3) is 5.91 Å². The lowest BCUT2D eigenvalue weighted by atomic mass is 9.63. The quantitative estimate of drug-likeness (QED) is 0.0737. The molecule has 0 radical (unpaired) electrons. The first-order valence-corrected chi connectivity index (χ1v) is 20.9. The van der Waals surface area contributed by atoms with Crippen molar-refractivity contribution in [3.8, 4) is 5.75 Å². The molecule has 1 aliphatic heterocycles. The van der Waals surface area contributed by atoms with Crippen molar-refractivity contribution in [3.05, 3.63) is 93.0 Å². The highest BCUT2D eigenvalue weighted by Gasteiger charge is 2.57. The second-order valence-corrected chi connectivity index (χ2v) is 16.6. The first-order valence-electron chi connectivity index (χ1n) is 20.1. The molecule has 12 nitrogen and oxygen atoms in total. The summed E-state index contributed by atoms with van der Waals surface area (Å²) in [7, 11) is 1.42. The van der Waals surface area contributed by atoms with Crippen molar-refractivity contribution in [2.45, 2.75) is 70.9 Å². The minimum Gasteiger partial charge on any atom is -0.495 e. The first kappa shape index (κ1) is 48.8. The lowest BCUT2D eigenvalue weighted by Crippen LogP contribution is -2.44. The van der Waals surface area contributed by atoms with Gasteiger partial charge in [-0.2, -0.15) is 0 Å². The summed E-state index contributed by atoms with van der Waals surface area (Å²) in [6, 6.07) is 12.1. The van der Waals surface area contributed by atoms with Crippen LogP contribution in [0.5, 0.6) is 5.75 Å². The number of hydrogen-bond acceptors (Lipinski definition) is 9. The molecule has 0 spiro atoms. The summed E-state index contributed by atoms with van der Waals surface area (Å²) < 4.78 is 59.4. The van der Waals surface area contributed by atoms with Crippen LogP contribution < -0.4 is 26.0 Å². The second-order valence-electron chi connectivity index (χ2n) is 15.8. The summed E-state index contributed by atoms with van der Waals surface area (Å²) in [5.74, 6) is -2.90. The molecule has 0 aromatic heterocycles. The van der Waals surface area contributed by atoms with Gasteiger partial charge in [-0.05, 0) is 66.3 Å². The molecule has 60 heavy (non-hydrogen) atoms. The van der Waals surface area contributed by atoms with Crippen molar-refractivity contribution in [3.63, 3.8) is 0 Å². The number of hydrogen-bond donors (Lipinski definition) is 4. The molecule has 0 unspecified atom stereocenters. The molecule has 4 N–H and O–H groups in total. The standard InChI is InChI=1S/C44H58Cl2F2N4O8/c1-7-49-37(53)15-17-57-19-21-59-23-24-60-22-20-58-18-16-50-41(54)28-11-14-34(35(25-28)56-6)51-42(55)40-38(30-9-8-10-32(46)39(30)48)44(5,36(52-40)27-43(2,3)4)31-13-12-29(45)26-33(31)47/h8-14,25-26,36,38,40,52H,7,15-24,27H2,1-6H3,(H,49,53)(H,50,54)(H,51,55)/t36-,38-,40+,44-/m0/s1. The van der Waals surface area contributed by atoms with Crippen molar-refractivity contribution in [2.75, 3.05) is 78.4 Å². The average Bonchev–Trinajstić information content (AvgIpc) is 3.47. The number of methoxy groups -OCH3 is 1. The van der Waals surface area contributed by atoms with Crippen LogP contribution in [0.15, 0.2) is 54.6 Å². The zero-order valence-corrected chi connectivity index (χ0v) is 36.7. The Morgan fingerprint density at radius 3 is 2.12 bits per heavy atom. The molecular weight excluding hydrogens is 821 g/mol. The summed E-state index contributed by atoms with van der Waals surface area (Å²) in [6.45, 7) is 13.5. The SMILES string of the molecule is CCNC(=O)CCOCCOCCOCCOCCNC(=O)c1ccc(NC(=O)[C@@H]2N[C@@H](CC(C)(C)C)[C@](C)(c3ccc(Cl)cc3F)[C@H]2c2cccc(Cl)c2F)c(OC)c1. The van der Waals surface area contributed by atoms with Crippen LogP contribution in [0.4, 0.5) is 14.5 Å². The van der Waals surface area contributed by atoms with E-state index >= 15 is 8.78 Å². The maximum atomic E-state index is 16.0. The van der Waals surface area contributed by atoms with E-state index in [0.717, 1.165) is 0 Å². The summed E-state index contributed by atoms with van der Waals surface area (Å²) in [5, 5.41) is 12.0. The van der Waals surface area contributed by atoms with Crippen LogP contribution in [0.25, 0.3) is 0 Å². The molecule has 1 aliphatic rings. The van der Waals surface area contributed by atoms with Crippen molar-refractivity contribution in [2.24, 2.45) is 5.41 Å². The number of amides is 3. The van der Waals surface area contributed by atoms with Gasteiger partial charge in [0.15, 0.2) is 0 Å². The molecule has 3 amide bonds. The van der Waals surface area contributed by atoms with E-state index in [0.29, 0.717) is 65.6 Å². The van der Waals surface area contributed by atoms with Crippen molar-refractivity contribution in [1.82, 2.24) is 16.0 Å². The van der Waals surface area contributed by atoms with Gasteiger partial charge in [-0.1, -0.05) is 69.1 Å². The molecule has 1 heterocycles. The maximum absolute atomic E-state index is 16.0. The Kier molecular flexibility index (Phi) is 19.0. The monoisotopic (exact) mass is 878 g/mol. The number of carbonyl (C=O) groups is 3. The van der Waals surface area contributed by atoms with Crippen LogP contribution in [-0.4, -0.2) is 103 Å². The lowest BCUT2D eigenvalue weighted by Gasteiger charge is -2.40. The molecule has 3 aromatic carbocycles. The third kappa shape index (κ3) is 13.6. The van der Waals surface area contributed by atoms with E-state index in [4.69, 9.17) is 46.9 Å². The highest BCUT2D eigenvalue weighted by Crippen LogP contribution is 2.53. The van der Waals surface area contributed by atoms with Crippen LogP contribution in [0.1, 0.15) is 74.9 Å². The molecule has 4 atom stereocenters. The number of carbonyl (C=O) groups excluding carboxylic acids is 3. The molecule has 4 rings (SSSR count). The second kappa shape index (κ2) is 23.4.